The molecule has 0 aromatic rings. The van der Waals surface area contributed by atoms with Crippen molar-refractivity contribution in [1.29, 1.82) is 0 Å². The number of nitrogens with one attached hydrogen (secondary N) is 1. The summed E-state index contributed by atoms with van der Waals surface area (Å²) in [5.74, 6) is -0.845. The van der Waals surface area contributed by atoms with Crippen molar-refractivity contribution < 1.29 is 14.7 Å². The molecule has 0 bridgehead atoms. The second kappa shape index (κ2) is 3.00. The number of carboxylic acids is 1. The van der Waals surface area contributed by atoms with Gasteiger partial charge in [-0.25, -0.2) is 0 Å². The highest BCUT2D eigenvalue weighted by atomic mass is 16.4. The number of hydrogen-bond donors (Lipinski definition) is 2. The summed E-state index contributed by atoms with van der Waals surface area (Å²) >= 11 is 0. The van der Waals surface area contributed by atoms with Crippen molar-refractivity contribution in [2.45, 2.75) is 31.8 Å². The van der Waals surface area contributed by atoms with Crippen molar-refractivity contribution in [1.82, 2.24) is 5.32 Å². The molecule has 1 aliphatic rings. The summed E-state index contributed by atoms with van der Waals surface area (Å²) in [6.07, 6.45) is 1.20. The van der Waals surface area contributed by atoms with Gasteiger partial charge in [0, 0.05) is 0 Å². The van der Waals surface area contributed by atoms with Crippen LogP contribution in [0.1, 0.15) is 19.8 Å². The van der Waals surface area contributed by atoms with E-state index in [1.54, 1.807) is 0 Å². The topological polar surface area (TPSA) is 66.4 Å². The van der Waals surface area contributed by atoms with Crippen molar-refractivity contribution in [3.05, 3.63) is 0 Å². The van der Waals surface area contributed by atoms with Crippen LogP contribution in [0.2, 0.25) is 0 Å². The van der Waals surface area contributed by atoms with E-state index in [1.807, 2.05) is 0 Å². The van der Waals surface area contributed by atoms with Crippen LogP contribution in [0.15, 0.2) is 0 Å². The lowest BCUT2D eigenvalue weighted by molar-refractivity contribution is -0.139. The van der Waals surface area contributed by atoms with Crippen LogP contribution in [0, 0.1) is 0 Å². The summed E-state index contributed by atoms with van der Waals surface area (Å²) in [7, 11) is 0. The molecule has 1 heterocycles. The van der Waals surface area contributed by atoms with Crippen molar-refractivity contribution >= 4 is 11.8 Å². The quantitative estimate of drug-likeness (QED) is 0.581. The molecule has 2 atom stereocenters. The van der Waals surface area contributed by atoms with Gasteiger partial charge in [0.15, 0.2) is 0 Å². The zero-order valence-corrected chi connectivity index (χ0v) is 6.33. The highest BCUT2D eigenvalue weighted by Crippen LogP contribution is 2.12. The van der Waals surface area contributed by atoms with Gasteiger partial charge in [-0.05, 0) is 19.8 Å². The number of carbonyl (C=O) groups excluding carboxylic acids is 1. The Bertz CT molecular complexity index is 170. The minimum Gasteiger partial charge on any atom is -0.480 e. The summed E-state index contributed by atoms with van der Waals surface area (Å²) in [4.78, 5) is 21.2. The molecule has 2 unspecified atom stereocenters. The molecule has 0 aromatic heterocycles. The summed E-state index contributed by atoms with van der Waals surface area (Å²) in [6.45, 7) is 1.47. The summed E-state index contributed by atoms with van der Waals surface area (Å²) in [6, 6.07) is -0.764. The van der Waals surface area contributed by atoms with Crippen molar-refractivity contribution in [3.63, 3.8) is 0 Å². The monoisotopic (exact) mass is 157 g/mol. The smallest absolute Gasteiger partial charge is 0.320 e. The minimum absolute atomic E-state index is 0.0220. The summed E-state index contributed by atoms with van der Waals surface area (Å²) < 4.78 is 0. The first-order valence-corrected chi connectivity index (χ1v) is 3.60. The van der Waals surface area contributed by atoms with Crippen LogP contribution in [-0.2, 0) is 9.59 Å². The Labute approximate surface area is 64.6 Å². The molecule has 1 fully saturated rings. The first-order chi connectivity index (χ1) is 5.11. The average molecular weight is 157 g/mol. The van der Waals surface area contributed by atoms with E-state index in [-0.39, 0.29) is 11.8 Å². The van der Waals surface area contributed by atoms with Crippen LogP contribution in [0.3, 0.4) is 0 Å². The molecule has 0 saturated carbocycles. The van der Waals surface area contributed by atoms with Crippen molar-refractivity contribution in [3.8, 4) is 0 Å². The fraction of sp³-hybridized carbons (Fsp3) is 0.714. The first-order valence-electron chi connectivity index (χ1n) is 3.60. The molecule has 4 heteroatoms. The third-order valence-corrected chi connectivity index (χ3v) is 1.94. The van der Waals surface area contributed by atoms with Crippen molar-refractivity contribution in [2.24, 2.45) is 0 Å². The molecular weight excluding hydrogens is 146 g/mol. The molecule has 1 saturated heterocycles. The van der Waals surface area contributed by atoms with E-state index in [0.29, 0.717) is 12.8 Å². The maximum Gasteiger partial charge on any atom is 0.320 e. The Morgan fingerprint density at radius 1 is 1.36 bits per heavy atom. The Morgan fingerprint density at radius 3 is 2.18 bits per heavy atom. The van der Waals surface area contributed by atoms with E-state index in [0.717, 1.165) is 0 Å². The predicted molar refractivity (Wildman–Crippen MR) is 38.3 cm³/mol. The van der Waals surface area contributed by atoms with Gasteiger partial charge in [0.1, 0.15) is 11.8 Å². The van der Waals surface area contributed by atoms with E-state index in [2.05, 4.69) is 5.32 Å². The second-order valence-corrected chi connectivity index (χ2v) is 2.80. The standard InChI is InChI=1S/C7H11NO3/c1-4(9)5-2-3-6(8-5)7(10)11/h5-6,8H,2-3H2,1H3,(H,10,11). The molecule has 0 spiro atoms. The number of rotatable bonds is 2. The molecule has 2 N–H and O–H groups in total. The zero-order chi connectivity index (χ0) is 8.43. The van der Waals surface area contributed by atoms with Crippen molar-refractivity contribution in [2.75, 3.05) is 0 Å². The van der Waals surface area contributed by atoms with E-state index in [4.69, 9.17) is 5.11 Å². The fourth-order valence-electron chi connectivity index (χ4n) is 1.26. The summed E-state index contributed by atoms with van der Waals surface area (Å²) in [5.41, 5.74) is 0. The lowest BCUT2D eigenvalue weighted by atomic mass is 10.1. The zero-order valence-electron chi connectivity index (χ0n) is 6.33. The largest absolute Gasteiger partial charge is 0.480 e. The van der Waals surface area contributed by atoms with Crippen LogP contribution in [-0.4, -0.2) is 28.9 Å². The van der Waals surface area contributed by atoms with Crippen LogP contribution in [0.4, 0.5) is 0 Å². The number of hydrogen-bond acceptors (Lipinski definition) is 3. The summed E-state index contributed by atoms with van der Waals surface area (Å²) in [5, 5.41) is 11.3. The molecule has 0 aromatic carbocycles. The van der Waals surface area contributed by atoms with Crippen LogP contribution >= 0.6 is 0 Å². The molecule has 0 radical (unpaired) electrons. The molecule has 0 amide bonds. The molecule has 4 nitrogen and oxygen atoms in total. The van der Waals surface area contributed by atoms with E-state index >= 15 is 0 Å². The van der Waals surface area contributed by atoms with Crippen LogP contribution in [0.5, 0.6) is 0 Å². The van der Waals surface area contributed by atoms with Gasteiger partial charge in [-0.15, -0.1) is 0 Å². The first kappa shape index (κ1) is 8.20. The molecule has 62 valence electrons. The highest BCUT2D eigenvalue weighted by Gasteiger charge is 2.30. The molecular formula is C7H11NO3. The third kappa shape index (κ3) is 1.77. The number of carboxylic acid groups (broad SMARTS) is 1. The van der Waals surface area contributed by atoms with Gasteiger partial charge in [0.05, 0.1) is 6.04 Å². The van der Waals surface area contributed by atoms with Gasteiger partial charge in [-0.3, -0.25) is 14.9 Å². The Hall–Kier alpha value is -0.900. The van der Waals surface area contributed by atoms with Crippen LogP contribution < -0.4 is 5.32 Å². The van der Waals surface area contributed by atoms with Gasteiger partial charge in [0.25, 0.3) is 0 Å². The van der Waals surface area contributed by atoms with Gasteiger partial charge in [0.2, 0.25) is 0 Å². The molecule has 0 aliphatic carbocycles. The number of carbonyl (C=O) groups is 2. The molecule has 11 heavy (non-hydrogen) atoms. The lowest BCUT2D eigenvalue weighted by Gasteiger charge is -2.06. The maximum absolute atomic E-state index is 10.8. The van der Waals surface area contributed by atoms with Crippen LogP contribution in [0.25, 0.3) is 0 Å². The van der Waals surface area contributed by atoms with E-state index in [9.17, 15) is 9.59 Å². The normalized spacial score (nSPS) is 30.3. The Balaban J connectivity index is 2.47. The maximum atomic E-state index is 10.8. The van der Waals surface area contributed by atoms with Gasteiger partial charge < -0.3 is 5.11 Å². The number of Topliss-reactive ketones (excluding diaryl/α,β-unsaturated/α-hetero) is 1. The molecule has 1 rings (SSSR count). The third-order valence-electron chi connectivity index (χ3n) is 1.94. The van der Waals surface area contributed by atoms with Gasteiger partial charge in [-0.1, -0.05) is 0 Å². The number of aliphatic carboxylic acids is 1. The van der Waals surface area contributed by atoms with Gasteiger partial charge in [-0.2, -0.15) is 0 Å². The predicted octanol–water partition coefficient (Wildman–Crippen LogP) is -0.219. The molecule has 1 aliphatic heterocycles. The Morgan fingerprint density at radius 2 is 1.91 bits per heavy atom. The SMILES string of the molecule is CC(=O)C1CCC(C(=O)O)N1. The van der Waals surface area contributed by atoms with E-state index < -0.39 is 12.0 Å². The minimum atomic E-state index is -0.867. The second-order valence-electron chi connectivity index (χ2n) is 2.80. The number of ketones is 1. The van der Waals surface area contributed by atoms with E-state index in [1.165, 1.54) is 6.92 Å². The lowest BCUT2D eigenvalue weighted by Crippen LogP contribution is -2.38. The Kier molecular flexibility index (Phi) is 2.24. The van der Waals surface area contributed by atoms with Gasteiger partial charge >= 0.3 is 5.97 Å². The fourth-order valence-corrected chi connectivity index (χ4v) is 1.26. The average Bonchev–Trinajstić information content (AvgIpc) is 2.33. The highest BCUT2D eigenvalue weighted by molar-refractivity contribution is 5.84.